The predicted octanol–water partition coefficient (Wildman–Crippen LogP) is 5.59. The van der Waals surface area contributed by atoms with E-state index in [1.54, 1.807) is 21.9 Å². The van der Waals surface area contributed by atoms with E-state index in [2.05, 4.69) is 40.2 Å². The lowest BCUT2D eigenvalue weighted by atomic mass is 9.98. The molecular formula is C35H34N8O2. The average Bonchev–Trinajstić information content (AvgIpc) is 3.74. The Morgan fingerprint density at radius 3 is 2.69 bits per heavy atom. The van der Waals surface area contributed by atoms with Crippen LogP contribution in [0.4, 0.5) is 11.5 Å². The van der Waals surface area contributed by atoms with Gasteiger partial charge in [0.05, 0.1) is 22.5 Å². The molecule has 10 heteroatoms. The number of piperidine rings is 1. The summed E-state index contributed by atoms with van der Waals surface area (Å²) in [6, 6.07) is 16.1. The van der Waals surface area contributed by atoms with Crippen LogP contribution in [-0.2, 0) is 13.6 Å². The maximum atomic E-state index is 14.3. The highest BCUT2D eigenvalue weighted by Gasteiger charge is 2.35. The van der Waals surface area contributed by atoms with Gasteiger partial charge in [0, 0.05) is 54.5 Å². The van der Waals surface area contributed by atoms with Gasteiger partial charge in [0.15, 0.2) is 5.82 Å². The zero-order valence-electron chi connectivity index (χ0n) is 25.4. The van der Waals surface area contributed by atoms with Crippen LogP contribution < -0.4 is 10.6 Å². The normalized spacial score (nSPS) is 18.2. The van der Waals surface area contributed by atoms with E-state index in [0.29, 0.717) is 40.3 Å². The van der Waals surface area contributed by atoms with Gasteiger partial charge in [-0.05, 0) is 85.5 Å². The summed E-state index contributed by atoms with van der Waals surface area (Å²) in [6.45, 7) is 5.32. The van der Waals surface area contributed by atoms with Gasteiger partial charge in [0.2, 0.25) is 5.91 Å². The fraction of sp³-hybridized carbons (Fsp3) is 0.314. The number of likely N-dealkylation sites (tertiary alicyclic amines) is 1. The summed E-state index contributed by atoms with van der Waals surface area (Å²) in [5.41, 5.74) is 11.6. The van der Waals surface area contributed by atoms with Crippen LogP contribution in [0, 0.1) is 5.92 Å². The standard InChI is InChI=1S/C35H34N8O2/c1-20-5-4-10-42(17-20)18-21-11-23-6-3-7-29-31(23)26(12-21)35(45)43(29)30-15-24(14-28(39-30)22-8-9-22)32-27(34-40-38-19-41(34)2)13-25(16-37-32)33(36)44/h3,6-7,11-16,19-20,22H,4-5,8-10,17-18H2,1-2H3,(H2,36,44)/t20-/m0/s1. The lowest BCUT2D eigenvalue weighted by molar-refractivity contribution is 0.0993. The molecule has 1 saturated heterocycles. The van der Waals surface area contributed by atoms with Gasteiger partial charge in [-0.15, -0.1) is 10.2 Å². The molecule has 8 rings (SSSR count). The minimum absolute atomic E-state index is 0.0768. The highest BCUT2D eigenvalue weighted by atomic mass is 16.2. The maximum Gasteiger partial charge on any atom is 0.264 e. The van der Waals surface area contributed by atoms with Crippen molar-refractivity contribution in [3.05, 3.63) is 83.4 Å². The van der Waals surface area contributed by atoms with E-state index in [4.69, 9.17) is 15.7 Å². The van der Waals surface area contributed by atoms with Crippen LogP contribution in [0.5, 0.6) is 0 Å². The van der Waals surface area contributed by atoms with E-state index in [1.165, 1.54) is 19.0 Å². The number of anilines is 2. The Morgan fingerprint density at radius 1 is 1.07 bits per heavy atom. The van der Waals surface area contributed by atoms with Crippen LogP contribution in [0.25, 0.3) is 33.4 Å². The van der Waals surface area contributed by atoms with E-state index in [9.17, 15) is 9.59 Å². The number of rotatable bonds is 7. The van der Waals surface area contributed by atoms with Crippen molar-refractivity contribution in [1.29, 1.82) is 0 Å². The molecule has 2 aromatic carbocycles. The Balaban J connectivity index is 1.24. The molecule has 2 amide bonds. The molecule has 1 atom stereocenters. The number of carbonyl (C=O) groups is 2. The number of benzene rings is 2. The van der Waals surface area contributed by atoms with Crippen LogP contribution in [0.1, 0.15) is 70.5 Å². The number of carbonyl (C=O) groups excluding carboxylic acids is 2. The van der Waals surface area contributed by atoms with E-state index in [-0.39, 0.29) is 11.5 Å². The van der Waals surface area contributed by atoms with Crippen molar-refractivity contribution >= 4 is 34.1 Å². The topological polar surface area (TPSA) is 123 Å². The van der Waals surface area contributed by atoms with Gasteiger partial charge < -0.3 is 10.3 Å². The molecule has 5 heterocycles. The maximum absolute atomic E-state index is 14.3. The molecule has 1 aliphatic carbocycles. The quantitative estimate of drug-likeness (QED) is 0.259. The van der Waals surface area contributed by atoms with E-state index in [1.807, 2.05) is 31.3 Å². The highest BCUT2D eigenvalue weighted by molar-refractivity contribution is 6.27. The fourth-order valence-electron chi connectivity index (χ4n) is 6.97. The van der Waals surface area contributed by atoms with Crippen LogP contribution in [0.15, 0.2) is 61.1 Å². The number of aromatic nitrogens is 5. The van der Waals surface area contributed by atoms with Crippen molar-refractivity contribution < 1.29 is 9.59 Å². The lowest BCUT2D eigenvalue weighted by Gasteiger charge is -2.30. The zero-order chi connectivity index (χ0) is 30.8. The Kier molecular flexibility index (Phi) is 6.49. The molecular weight excluding hydrogens is 564 g/mol. The van der Waals surface area contributed by atoms with E-state index >= 15 is 0 Å². The molecule has 2 N–H and O–H groups in total. The largest absolute Gasteiger partial charge is 0.366 e. The van der Waals surface area contributed by atoms with Gasteiger partial charge in [-0.1, -0.05) is 19.1 Å². The Labute approximate surface area is 260 Å². The summed E-state index contributed by atoms with van der Waals surface area (Å²) >= 11 is 0. The van der Waals surface area contributed by atoms with Crippen molar-refractivity contribution in [2.24, 2.45) is 18.7 Å². The van der Waals surface area contributed by atoms with Crippen molar-refractivity contribution in [1.82, 2.24) is 29.6 Å². The molecule has 10 nitrogen and oxygen atoms in total. The Bertz CT molecular complexity index is 2010. The van der Waals surface area contributed by atoms with Gasteiger partial charge in [-0.2, -0.15) is 0 Å². The van der Waals surface area contributed by atoms with Gasteiger partial charge in [0.25, 0.3) is 5.91 Å². The van der Waals surface area contributed by atoms with Crippen molar-refractivity contribution in [2.45, 2.75) is 45.1 Å². The number of nitrogens with two attached hydrogens (primary N) is 1. The molecule has 3 aliphatic rings. The number of nitrogens with zero attached hydrogens (tertiary/aromatic N) is 7. The molecule has 3 aromatic heterocycles. The van der Waals surface area contributed by atoms with Gasteiger partial charge in [0.1, 0.15) is 12.1 Å². The summed E-state index contributed by atoms with van der Waals surface area (Å²) < 4.78 is 1.78. The summed E-state index contributed by atoms with van der Waals surface area (Å²) in [5.74, 6) is 1.46. The predicted molar refractivity (Wildman–Crippen MR) is 172 cm³/mol. The molecule has 0 spiro atoms. The first kappa shape index (κ1) is 27.6. The molecule has 0 radical (unpaired) electrons. The lowest BCUT2D eigenvalue weighted by Crippen LogP contribution is -2.33. The van der Waals surface area contributed by atoms with Gasteiger partial charge in [-0.3, -0.25) is 24.4 Å². The second-order valence-corrected chi connectivity index (χ2v) is 12.8. The first-order valence-corrected chi connectivity index (χ1v) is 15.6. The van der Waals surface area contributed by atoms with Gasteiger partial charge in [-0.25, -0.2) is 4.98 Å². The van der Waals surface area contributed by atoms with Crippen LogP contribution in [-0.4, -0.2) is 54.5 Å². The first-order valence-electron chi connectivity index (χ1n) is 15.6. The van der Waals surface area contributed by atoms with Crippen molar-refractivity contribution in [3.8, 4) is 22.6 Å². The fourth-order valence-corrected chi connectivity index (χ4v) is 6.97. The second kappa shape index (κ2) is 10.6. The minimum atomic E-state index is -0.575. The third-order valence-electron chi connectivity index (χ3n) is 9.29. The summed E-state index contributed by atoms with van der Waals surface area (Å²) in [6.07, 6.45) is 7.66. The van der Waals surface area contributed by atoms with Gasteiger partial charge >= 0.3 is 0 Å². The molecule has 1 saturated carbocycles. The van der Waals surface area contributed by atoms with E-state index < -0.39 is 5.91 Å². The van der Waals surface area contributed by atoms with Crippen LogP contribution in [0.2, 0.25) is 0 Å². The number of amides is 2. The minimum Gasteiger partial charge on any atom is -0.366 e. The smallest absolute Gasteiger partial charge is 0.264 e. The zero-order valence-corrected chi connectivity index (χ0v) is 25.4. The summed E-state index contributed by atoms with van der Waals surface area (Å²) in [4.78, 5) is 40.4. The first-order chi connectivity index (χ1) is 21.8. The summed E-state index contributed by atoms with van der Waals surface area (Å²) in [5, 5.41) is 10.4. The Morgan fingerprint density at radius 2 is 1.93 bits per heavy atom. The molecule has 226 valence electrons. The van der Waals surface area contributed by atoms with E-state index in [0.717, 1.165) is 65.8 Å². The number of primary amides is 1. The summed E-state index contributed by atoms with van der Waals surface area (Å²) in [7, 11) is 1.84. The molecule has 45 heavy (non-hydrogen) atoms. The third kappa shape index (κ3) is 4.85. The second-order valence-electron chi connectivity index (χ2n) is 12.8. The number of hydrogen-bond acceptors (Lipinski definition) is 7. The average molecular weight is 599 g/mol. The molecule has 0 unspecified atom stereocenters. The molecule has 0 bridgehead atoms. The number of aryl methyl sites for hydroxylation is 1. The SMILES string of the molecule is C[C@H]1CCCN(Cc2cc3c4c(cccc4c2)N(c2cc(-c4ncc(C(N)=O)cc4-c4nncn4C)cc(C4CC4)n2)C3=O)C1. The van der Waals surface area contributed by atoms with Crippen LogP contribution in [0.3, 0.4) is 0 Å². The monoisotopic (exact) mass is 598 g/mol. The molecule has 2 fully saturated rings. The third-order valence-corrected chi connectivity index (χ3v) is 9.29. The Hall–Kier alpha value is -4.96. The van der Waals surface area contributed by atoms with Crippen molar-refractivity contribution in [3.63, 3.8) is 0 Å². The molecule has 2 aliphatic heterocycles. The highest BCUT2D eigenvalue weighted by Crippen LogP contribution is 2.46. The molecule has 5 aromatic rings. The number of hydrogen-bond donors (Lipinski definition) is 1. The van der Waals surface area contributed by atoms with Crippen LogP contribution >= 0.6 is 0 Å². The number of pyridine rings is 2. The van der Waals surface area contributed by atoms with Crippen molar-refractivity contribution in [2.75, 3.05) is 18.0 Å².